The second kappa shape index (κ2) is 7.46. The van der Waals surface area contributed by atoms with Crippen LogP contribution in [0.2, 0.25) is 0 Å². The Morgan fingerprint density at radius 3 is 2.63 bits per heavy atom. The Balaban J connectivity index is 1.46. The van der Waals surface area contributed by atoms with Crippen LogP contribution in [0.1, 0.15) is 42.7 Å². The molecule has 2 aromatic rings. The zero-order chi connectivity index (χ0) is 19.0. The van der Waals surface area contributed by atoms with Crippen molar-refractivity contribution in [2.75, 3.05) is 0 Å². The third kappa shape index (κ3) is 3.93. The number of aliphatic carboxylic acids is 1. The van der Waals surface area contributed by atoms with Crippen LogP contribution >= 0.6 is 11.8 Å². The van der Waals surface area contributed by atoms with Crippen molar-refractivity contribution >= 4 is 17.7 Å². The zero-order valence-corrected chi connectivity index (χ0v) is 15.3. The minimum atomic E-state index is -0.936. The van der Waals surface area contributed by atoms with Gasteiger partial charge in [-0.1, -0.05) is 12.5 Å². The number of benzene rings is 1. The Morgan fingerprint density at radius 2 is 2.04 bits per heavy atom. The smallest absolute Gasteiger partial charge is 0.307 e. The van der Waals surface area contributed by atoms with Gasteiger partial charge in [0.15, 0.2) is 17.4 Å². The van der Waals surface area contributed by atoms with Gasteiger partial charge in [0.1, 0.15) is 11.6 Å². The number of carboxylic acids is 1. The van der Waals surface area contributed by atoms with Gasteiger partial charge in [0.2, 0.25) is 0 Å². The lowest BCUT2D eigenvalue weighted by atomic mass is 10.0. The predicted molar refractivity (Wildman–Crippen MR) is 96.9 cm³/mol. The number of nitrogens with zero attached hydrogens (tertiary/aromatic N) is 1. The standard InChI is InChI=1S/C20H19F2NO3S/c21-16-7-12(14-9-15(14)20(24)25)8-17(22)18(16)26-10-11-3-2-6-23-19(11)27-13-4-1-5-13/h2-3,6-8,13-15H,1,4-5,9-10H2,(H,24,25). The summed E-state index contributed by atoms with van der Waals surface area (Å²) < 4.78 is 34.2. The highest BCUT2D eigenvalue weighted by atomic mass is 32.2. The number of pyridine rings is 1. The highest BCUT2D eigenvalue weighted by Gasteiger charge is 2.44. The normalized spacial score (nSPS) is 21.6. The second-order valence-electron chi connectivity index (χ2n) is 7.03. The van der Waals surface area contributed by atoms with Crippen molar-refractivity contribution in [3.05, 3.63) is 53.2 Å². The van der Waals surface area contributed by atoms with Gasteiger partial charge in [-0.25, -0.2) is 13.8 Å². The number of aromatic nitrogens is 1. The highest BCUT2D eigenvalue weighted by Crippen LogP contribution is 2.48. The maximum atomic E-state index is 14.4. The Bertz CT molecular complexity index is 849. The lowest BCUT2D eigenvalue weighted by Crippen LogP contribution is -2.14. The summed E-state index contributed by atoms with van der Waals surface area (Å²) in [7, 11) is 0. The zero-order valence-electron chi connectivity index (χ0n) is 14.5. The molecular weight excluding hydrogens is 372 g/mol. The molecule has 2 unspecified atom stereocenters. The molecule has 142 valence electrons. The number of hydrogen-bond acceptors (Lipinski definition) is 4. The van der Waals surface area contributed by atoms with Crippen LogP contribution in [0.4, 0.5) is 8.78 Å². The molecule has 1 aromatic heterocycles. The highest BCUT2D eigenvalue weighted by molar-refractivity contribution is 8.00. The summed E-state index contributed by atoms with van der Waals surface area (Å²) in [6.07, 6.45) is 5.65. The lowest BCUT2D eigenvalue weighted by molar-refractivity contribution is -0.138. The Kier molecular flexibility index (Phi) is 5.04. The molecule has 0 radical (unpaired) electrons. The van der Waals surface area contributed by atoms with E-state index < -0.39 is 29.3 Å². The summed E-state index contributed by atoms with van der Waals surface area (Å²) in [5.74, 6) is -3.87. The molecule has 0 spiro atoms. The molecule has 4 nitrogen and oxygen atoms in total. The van der Waals surface area contributed by atoms with Gasteiger partial charge in [-0.15, -0.1) is 11.8 Å². The van der Waals surface area contributed by atoms with Gasteiger partial charge in [-0.2, -0.15) is 0 Å². The number of carboxylic acid groups (broad SMARTS) is 1. The maximum Gasteiger partial charge on any atom is 0.307 e. The first-order chi connectivity index (χ1) is 13.0. The Hall–Kier alpha value is -2.15. The number of halogens is 2. The lowest BCUT2D eigenvalue weighted by Gasteiger charge is -2.24. The Morgan fingerprint density at radius 1 is 1.30 bits per heavy atom. The van der Waals surface area contributed by atoms with E-state index in [1.54, 1.807) is 24.0 Å². The summed E-state index contributed by atoms with van der Waals surface area (Å²) in [6, 6.07) is 5.98. The fourth-order valence-corrected chi connectivity index (χ4v) is 4.49. The third-order valence-electron chi connectivity index (χ3n) is 5.11. The van der Waals surface area contributed by atoms with Crippen LogP contribution in [0.15, 0.2) is 35.5 Å². The van der Waals surface area contributed by atoms with Crippen LogP contribution in [0.5, 0.6) is 5.75 Å². The molecular formula is C20H19F2NO3S. The molecule has 7 heteroatoms. The molecule has 1 N–H and O–H groups in total. The number of thioether (sulfide) groups is 1. The van der Waals surface area contributed by atoms with Gasteiger partial charge in [-0.3, -0.25) is 4.79 Å². The van der Waals surface area contributed by atoms with Crippen molar-refractivity contribution in [1.29, 1.82) is 0 Å². The SMILES string of the molecule is O=C(O)C1CC1c1cc(F)c(OCc2cccnc2SC2CCC2)c(F)c1. The molecule has 2 atom stereocenters. The van der Waals surface area contributed by atoms with Crippen molar-refractivity contribution in [3.63, 3.8) is 0 Å². The van der Waals surface area contributed by atoms with Crippen LogP contribution in [0.25, 0.3) is 0 Å². The molecule has 4 rings (SSSR count). The van der Waals surface area contributed by atoms with Gasteiger partial charge in [0.25, 0.3) is 0 Å². The van der Waals surface area contributed by atoms with E-state index in [1.165, 1.54) is 18.6 Å². The maximum absolute atomic E-state index is 14.4. The summed E-state index contributed by atoms with van der Waals surface area (Å²) in [5.41, 5.74) is 1.16. The van der Waals surface area contributed by atoms with Crippen molar-refractivity contribution in [3.8, 4) is 5.75 Å². The van der Waals surface area contributed by atoms with Crippen molar-refractivity contribution in [2.45, 2.75) is 48.5 Å². The molecule has 0 aliphatic heterocycles. The minimum Gasteiger partial charge on any atom is -0.483 e. The van der Waals surface area contributed by atoms with Crippen LogP contribution < -0.4 is 4.74 Å². The van der Waals surface area contributed by atoms with E-state index in [0.29, 0.717) is 17.2 Å². The number of carbonyl (C=O) groups is 1. The first kappa shape index (κ1) is 18.2. The van der Waals surface area contributed by atoms with Crippen molar-refractivity contribution < 1.29 is 23.4 Å². The average Bonchev–Trinajstić information content (AvgIpc) is 3.39. The first-order valence-electron chi connectivity index (χ1n) is 8.98. The molecule has 0 bridgehead atoms. The van der Waals surface area contributed by atoms with Gasteiger partial charge in [0, 0.05) is 17.0 Å². The fraction of sp³-hybridized carbons (Fsp3) is 0.400. The molecule has 2 aliphatic rings. The van der Waals surface area contributed by atoms with Gasteiger partial charge < -0.3 is 9.84 Å². The molecule has 2 saturated carbocycles. The van der Waals surface area contributed by atoms with Gasteiger partial charge >= 0.3 is 5.97 Å². The fourth-order valence-electron chi connectivity index (χ4n) is 3.20. The molecule has 0 saturated heterocycles. The number of hydrogen-bond donors (Lipinski definition) is 1. The van der Waals surface area contributed by atoms with E-state index >= 15 is 0 Å². The second-order valence-corrected chi connectivity index (χ2v) is 8.32. The minimum absolute atomic E-state index is 0.0251. The first-order valence-corrected chi connectivity index (χ1v) is 9.86. The van der Waals surface area contributed by atoms with E-state index in [-0.39, 0.29) is 12.5 Å². The summed E-state index contributed by atoms with van der Waals surface area (Å²) in [4.78, 5) is 15.3. The van der Waals surface area contributed by atoms with E-state index in [1.807, 2.05) is 6.07 Å². The van der Waals surface area contributed by atoms with E-state index in [2.05, 4.69) is 4.98 Å². The molecule has 2 aliphatic carbocycles. The van der Waals surface area contributed by atoms with Crippen LogP contribution in [-0.4, -0.2) is 21.3 Å². The molecule has 0 amide bonds. The van der Waals surface area contributed by atoms with E-state index in [0.717, 1.165) is 23.4 Å². The monoisotopic (exact) mass is 391 g/mol. The third-order valence-corrected chi connectivity index (χ3v) is 6.50. The topological polar surface area (TPSA) is 59.4 Å². The largest absolute Gasteiger partial charge is 0.483 e. The number of ether oxygens (including phenoxy) is 1. The predicted octanol–water partition coefficient (Wildman–Crippen LogP) is 4.77. The van der Waals surface area contributed by atoms with Gasteiger partial charge in [-0.05, 0) is 48.9 Å². The summed E-state index contributed by atoms with van der Waals surface area (Å²) in [6.45, 7) is 0.0251. The number of rotatable bonds is 7. The molecule has 1 heterocycles. The van der Waals surface area contributed by atoms with Crippen molar-refractivity contribution in [2.24, 2.45) is 5.92 Å². The quantitative estimate of drug-likeness (QED) is 0.737. The van der Waals surface area contributed by atoms with Crippen LogP contribution in [-0.2, 0) is 11.4 Å². The van der Waals surface area contributed by atoms with Crippen molar-refractivity contribution in [1.82, 2.24) is 4.98 Å². The van der Waals surface area contributed by atoms with E-state index in [9.17, 15) is 13.6 Å². The average molecular weight is 391 g/mol. The molecule has 27 heavy (non-hydrogen) atoms. The summed E-state index contributed by atoms with van der Waals surface area (Å²) >= 11 is 1.68. The summed E-state index contributed by atoms with van der Waals surface area (Å²) in [5, 5.41) is 10.4. The Labute approximate surface area is 160 Å². The van der Waals surface area contributed by atoms with Crippen LogP contribution in [0, 0.1) is 17.6 Å². The molecule has 2 fully saturated rings. The van der Waals surface area contributed by atoms with Crippen LogP contribution in [0.3, 0.4) is 0 Å². The van der Waals surface area contributed by atoms with Gasteiger partial charge in [0.05, 0.1) is 5.92 Å². The molecule has 1 aromatic carbocycles. The van der Waals surface area contributed by atoms with E-state index in [4.69, 9.17) is 9.84 Å².